The van der Waals surface area contributed by atoms with Gasteiger partial charge >= 0.3 is 0 Å². The van der Waals surface area contributed by atoms with Crippen LogP contribution in [-0.2, 0) is 19.5 Å². The molecule has 0 rings (SSSR count). The second kappa shape index (κ2) is 8.60. The molecule has 14 heavy (non-hydrogen) atoms. The first-order valence-corrected chi connectivity index (χ1v) is 6.99. The van der Waals surface area contributed by atoms with Crippen molar-refractivity contribution in [1.29, 1.82) is 0 Å². The molecule has 7 heteroatoms. The van der Waals surface area contributed by atoms with Crippen LogP contribution in [0, 0.1) is 0 Å². The molecule has 0 aliphatic carbocycles. The Labute approximate surface area is 93.3 Å². The van der Waals surface area contributed by atoms with Gasteiger partial charge in [-0.25, -0.2) is 13.1 Å². The minimum atomic E-state index is -3.13. The van der Waals surface area contributed by atoms with Crippen LogP contribution in [0.2, 0.25) is 0 Å². The molecule has 0 saturated carbocycles. The van der Waals surface area contributed by atoms with E-state index in [1.54, 1.807) is 7.11 Å². The number of ether oxygens (including phenoxy) is 2. The molecular weight excluding hydrogens is 274 g/mol. The van der Waals surface area contributed by atoms with Gasteiger partial charge in [-0.05, 0) is 6.42 Å². The van der Waals surface area contributed by atoms with Crippen molar-refractivity contribution in [2.45, 2.75) is 6.42 Å². The standard InChI is InChI=1S/C7H16BrNO4S/c1-12-5-6-13-4-2-3-9-14(10,11)7-8/h9H,2-7H2,1H3. The molecule has 0 radical (unpaired) electrons. The highest BCUT2D eigenvalue weighted by Crippen LogP contribution is 1.91. The third kappa shape index (κ3) is 8.89. The van der Waals surface area contributed by atoms with Crippen LogP contribution in [0.3, 0.4) is 0 Å². The fourth-order valence-electron chi connectivity index (χ4n) is 0.685. The van der Waals surface area contributed by atoms with E-state index in [9.17, 15) is 8.42 Å². The normalized spacial score (nSPS) is 11.9. The van der Waals surface area contributed by atoms with Gasteiger partial charge in [-0.3, -0.25) is 0 Å². The molecule has 0 aliphatic rings. The van der Waals surface area contributed by atoms with Crippen LogP contribution in [0.25, 0.3) is 0 Å². The van der Waals surface area contributed by atoms with Crippen molar-refractivity contribution in [2.24, 2.45) is 0 Å². The van der Waals surface area contributed by atoms with Gasteiger partial charge in [0.15, 0.2) is 0 Å². The molecule has 5 nitrogen and oxygen atoms in total. The van der Waals surface area contributed by atoms with Crippen molar-refractivity contribution in [3.05, 3.63) is 0 Å². The van der Waals surface area contributed by atoms with Crippen LogP contribution in [0.1, 0.15) is 6.42 Å². The van der Waals surface area contributed by atoms with E-state index in [0.29, 0.717) is 32.8 Å². The molecule has 0 fully saturated rings. The van der Waals surface area contributed by atoms with E-state index in [1.807, 2.05) is 0 Å². The molecular formula is C7H16BrNO4S. The van der Waals surface area contributed by atoms with Gasteiger partial charge in [-0.15, -0.1) is 0 Å². The molecule has 0 amide bonds. The molecule has 86 valence electrons. The van der Waals surface area contributed by atoms with Crippen LogP contribution in [0.4, 0.5) is 0 Å². The summed E-state index contributed by atoms with van der Waals surface area (Å²) in [5.74, 6) is 0. The summed E-state index contributed by atoms with van der Waals surface area (Å²) in [5, 5.41) is 0. The van der Waals surface area contributed by atoms with Crippen LogP contribution >= 0.6 is 15.9 Å². The Morgan fingerprint density at radius 3 is 2.57 bits per heavy atom. The molecule has 0 aromatic rings. The quantitative estimate of drug-likeness (QED) is 0.490. The predicted octanol–water partition coefficient (Wildman–Crippen LogP) is 0.311. The topological polar surface area (TPSA) is 64.6 Å². The number of halogens is 1. The van der Waals surface area contributed by atoms with E-state index in [4.69, 9.17) is 9.47 Å². The predicted molar refractivity (Wildman–Crippen MR) is 58.0 cm³/mol. The van der Waals surface area contributed by atoms with Crippen molar-refractivity contribution in [1.82, 2.24) is 4.72 Å². The lowest BCUT2D eigenvalue weighted by Gasteiger charge is -2.04. The number of hydrogen-bond donors (Lipinski definition) is 1. The number of rotatable bonds is 9. The summed E-state index contributed by atoms with van der Waals surface area (Å²) >= 11 is 2.88. The Bertz CT molecular complexity index is 220. The maximum atomic E-state index is 10.9. The number of alkyl halides is 1. The van der Waals surface area contributed by atoms with Crippen LogP contribution < -0.4 is 4.72 Å². The maximum Gasteiger partial charge on any atom is 0.221 e. The van der Waals surface area contributed by atoms with Crippen molar-refractivity contribution in [2.75, 3.05) is 38.1 Å². The first-order chi connectivity index (χ1) is 6.62. The maximum absolute atomic E-state index is 10.9. The summed E-state index contributed by atoms with van der Waals surface area (Å²) < 4.78 is 34.1. The summed E-state index contributed by atoms with van der Waals surface area (Å²) in [6.07, 6.45) is 0.663. The Morgan fingerprint density at radius 2 is 2.00 bits per heavy atom. The molecule has 0 aromatic carbocycles. The molecule has 0 unspecified atom stereocenters. The minimum absolute atomic E-state index is 0.0649. The van der Waals surface area contributed by atoms with Crippen LogP contribution in [-0.4, -0.2) is 46.6 Å². The summed E-state index contributed by atoms with van der Waals surface area (Å²) in [6, 6.07) is 0. The zero-order valence-corrected chi connectivity index (χ0v) is 10.6. The van der Waals surface area contributed by atoms with Crippen molar-refractivity contribution < 1.29 is 17.9 Å². The molecule has 0 atom stereocenters. The molecule has 0 heterocycles. The average Bonchev–Trinajstić information content (AvgIpc) is 2.16. The van der Waals surface area contributed by atoms with Gasteiger partial charge in [-0.1, -0.05) is 15.9 Å². The van der Waals surface area contributed by atoms with E-state index in [-0.39, 0.29) is 4.66 Å². The monoisotopic (exact) mass is 289 g/mol. The van der Waals surface area contributed by atoms with Gasteiger partial charge in [0.25, 0.3) is 0 Å². The first kappa shape index (κ1) is 14.3. The smallest absolute Gasteiger partial charge is 0.221 e. The third-order valence-corrected chi connectivity index (χ3v) is 4.10. The van der Waals surface area contributed by atoms with Crippen LogP contribution in [0.15, 0.2) is 0 Å². The zero-order valence-electron chi connectivity index (χ0n) is 8.16. The lowest BCUT2D eigenvalue weighted by atomic mass is 10.5. The van der Waals surface area contributed by atoms with Gasteiger partial charge in [0, 0.05) is 20.3 Å². The third-order valence-electron chi connectivity index (χ3n) is 1.36. The van der Waals surface area contributed by atoms with E-state index in [2.05, 4.69) is 20.7 Å². The number of methoxy groups -OCH3 is 1. The first-order valence-electron chi connectivity index (χ1n) is 4.22. The van der Waals surface area contributed by atoms with E-state index in [1.165, 1.54) is 0 Å². The highest BCUT2D eigenvalue weighted by atomic mass is 79.9. The second-order valence-electron chi connectivity index (χ2n) is 2.58. The Balaban J connectivity index is 3.22. The Hall–Kier alpha value is 0.310. The van der Waals surface area contributed by atoms with Crippen LogP contribution in [0.5, 0.6) is 0 Å². The molecule has 0 saturated heterocycles. The lowest BCUT2D eigenvalue weighted by molar-refractivity contribution is 0.0699. The minimum Gasteiger partial charge on any atom is -0.382 e. The molecule has 0 aliphatic heterocycles. The second-order valence-corrected chi connectivity index (χ2v) is 5.69. The highest BCUT2D eigenvalue weighted by molar-refractivity contribution is 9.10. The van der Waals surface area contributed by atoms with E-state index < -0.39 is 10.0 Å². The van der Waals surface area contributed by atoms with Gasteiger partial charge < -0.3 is 9.47 Å². The van der Waals surface area contributed by atoms with Crippen molar-refractivity contribution >= 4 is 26.0 Å². The van der Waals surface area contributed by atoms with Gasteiger partial charge in [0.05, 0.1) is 13.2 Å². The SMILES string of the molecule is COCCOCCCNS(=O)(=O)CBr. The summed E-state index contributed by atoms with van der Waals surface area (Å²) in [6.45, 7) is 2.05. The van der Waals surface area contributed by atoms with Gasteiger partial charge in [0.2, 0.25) is 10.0 Å². The molecule has 1 N–H and O–H groups in total. The highest BCUT2D eigenvalue weighted by Gasteiger charge is 2.04. The summed E-state index contributed by atoms with van der Waals surface area (Å²) in [5.41, 5.74) is 0. The lowest BCUT2D eigenvalue weighted by Crippen LogP contribution is -2.26. The largest absolute Gasteiger partial charge is 0.382 e. The van der Waals surface area contributed by atoms with Gasteiger partial charge in [-0.2, -0.15) is 0 Å². The van der Waals surface area contributed by atoms with Crippen molar-refractivity contribution in [3.8, 4) is 0 Å². The number of hydrogen-bond acceptors (Lipinski definition) is 4. The molecule has 0 spiro atoms. The summed E-state index contributed by atoms with van der Waals surface area (Å²) in [7, 11) is -1.53. The summed E-state index contributed by atoms with van der Waals surface area (Å²) in [4.78, 5) is 0. The molecule has 0 bridgehead atoms. The van der Waals surface area contributed by atoms with Crippen molar-refractivity contribution in [3.63, 3.8) is 0 Å². The fraction of sp³-hybridized carbons (Fsp3) is 1.00. The van der Waals surface area contributed by atoms with E-state index >= 15 is 0 Å². The zero-order chi connectivity index (χ0) is 10.9. The number of nitrogens with one attached hydrogen (secondary N) is 1. The average molecular weight is 290 g/mol. The number of sulfonamides is 1. The Kier molecular flexibility index (Phi) is 8.80. The molecule has 0 aromatic heterocycles. The fourth-order valence-corrected chi connectivity index (χ4v) is 1.70. The van der Waals surface area contributed by atoms with E-state index in [0.717, 1.165) is 0 Å². The Morgan fingerprint density at radius 1 is 1.29 bits per heavy atom. The van der Waals surface area contributed by atoms with Gasteiger partial charge in [0.1, 0.15) is 4.66 Å².